The van der Waals surface area contributed by atoms with Gasteiger partial charge >= 0.3 is 34.6 Å². The van der Waals surface area contributed by atoms with Crippen LogP contribution in [0.5, 0.6) is 0 Å². The van der Waals surface area contributed by atoms with Gasteiger partial charge in [-0.2, -0.15) is 0 Å². The fourth-order valence-electron chi connectivity index (χ4n) is 1.03. The summed E-state index contributed by atoms with van der Waals surface area (Å²) in [5, 5.41) is 3.15. The van der Waals surface area contributed by atoms with Gasteiger partial charge in [0, 0.05) is 0 Å². The Balaban J connectivity index is 0.000000310. The van der Waals surface area contributed by atoms with Crippen LogP contribution in [0.15, 0.2) is 0 Å². The summed E-state index contributed by atoms with van der Waals surface area (Å²) in [5.74, 6) is 0. The summed E-state index contributed by atoms with van der Waals surface area (Å²) in [6.07, 6.45) is 0. The SMILES string of the molecule is Cc1[pH]c(C)c(C)c1C.[CH3][Sn]([CH3])[CH3]. The normalized spacial score (nSPS) is 9.85. The zero-order valence-corrected chi connectivity index (χ0v) is 13.9. The van der Waals surface area contributed by atoms with Crippen molar-refractivity contribution in [2.24, 2.45) is 0 Å². The van der Waals surface area contributed by atoms with Crippen molar-refractivity contribution in [2.75, 3.05) is 0 Å². The Morgan fingerprint density at radius 2 is 1.00 bits per heavy atom. The van der Waals surface area contributed by atoms with Crippen molar-refractivity contribution in [3.05, 3.63) is 21.7 Å². The number of hydrogen-bond donors (Lipinski definition) is 0. The van der Waals surface area contributed by atoms with E-state index in [4.69, 9.17) is 0 Å². The van der Waals surface area contributed by atoms with E-state index in [0.29, 0.717) is 0 Å². The molecule has 1 aromatic heterocycles. The molecule has 0 spiro atoms. The van der Waals surface area contributed by atoms with E-state index in [2.05, 4.69) is 42.5 Å². The maximum absolute atomic E-state index is 2.36. The van der Waals surface area contributed by atoms with Crippen LogP contribution >= 0.6 is 8.19 Å². The third-order valence-electron chi connectivity index (χ3n) is 2.06. The van der Waals surface area contributed by atoms with Crippen LogP contribution in [0.25, 0.3) is 0 Å². The summed E-state index contributed by atoms with van der Waals surface area (Å²) >= 11 is -0.543. The van der Waals surface area contributed by atoms with Gasteiger partial charge in [0.15, 0.2) is 0 Å². The van der Waals surface area contributed by atoms with E-state index < -0.39 is 19.8 Å². The van der Waals surface area contributed by atoms with Crippen LogP contribution in [0.4, 0.5) is 0 Å². The molecule has 0 saturated carbocycles. The van der Waals surface area contributed by atoms with E-state index >= 15 is 0 Å². The monoisotopic (exact) mass is 305 g/mol. The van der Waals surface area contributed by atoms with Crippen molar-refractivity contribution >= 4 is 28.0 Å². The Morgan fingerprint density at radius 3 is 1.08 bits per heavy atom. The zero-order chi connectivity index (χ0) is 10.6. The quantitative estimate of drug-likeness (QED) is 0.626. The van der Waals surface area contributed by atoms with Crippen LogP contribution in [-0.2, 0) is 0 Å². The molecule has 0 bridgehead atoms. The fourth-order valence-corrected chi connectivity index (χ4v) is 2.34. The molecule has 0 aromatic carbocycles. The van der Waals surface area contributed by atoms with Crippen LogP contribution < -0.4 is 0 Å². The van der Waals surface area contributed by atoms with Crippen LogP contribution in [0, 0.1) is 27.7 Å². The molecule has 1 rings (SSSR count). The number of hydrogen-bond acceptors (Lipinski definition) is 0. The summed E-state index contributed by atoms with van der Waals surface area (Å²) in [4.78, 5) is 7.09. The summed E-state index contributed by atoms with van der Waals surface area (Å²) in [6, 6.07) is 0. The minimum absolute atomic E-state index is 0.543. The molecule has 1 heterocycles. The van der Waals surface area contributed by atoms with E-state index in [9.17, 15) is 0 Å². The van der Waals surface area contributed by atoms with Gasteiger partial charge in [-0.25, -0.2) is 0 Å². The van der Waals surface area contributed by atoms with Gasteiger partial charge in [-0.3, -0.25) is 0 Å². The minimum atomic E-state index is -0.543. The molecule has 0 fully saturated rings. The van der Waals surface area contributed by atoms with Crippen molar-refractivity contribution in [2.45, 2.75) is 42.5 Å². The number of aryl methyl sites for hydroxylation is 2. The fraction of sp³-hybridized carbons (Fsp3) is 0.636. The van der Waals surface area contributed by atoms with Crippen LogP contribution in [0.1, 0.15) is 21.7 Å². The molecule has 0 aliphatic rings. The molecule has 1 radical (unpaired) electrons. The maximum atomic E-state index is 2.36. The van der Waals surface area contributed by atoms with Gasteiger partial charge in [0.05, 0.1) is 0 Å². The van der Waals surface area contributed by atoms with Gasteiger partial charge in [-0.15, -0.1) is 8.19 Å². The first-order chi connectivity index (χ1) is 5.86. The first-order valence-corrected chi connectivity index (χ1v) is 14.3. The second-order valence-corrected chi connectivity index (χ2v) is 14.4. The third kappa shape index (κ3) is 5.12. The molecular weight excluding hydrogens is 282 g/mol. The molecular formula is C11H22PSn. The van der Waals surface area contributed by atoms with E-state index in [1.807, 2.05) is 0 Å². The molecule has 0 amide bonds. The Labute approximate surface area is 92.0 Å². The van der Waals surface area contributed by atoms with Crippen LogP contribution in [-0.4, -0.2) is 19.8 Å². The van der Waals surface area contributed by atoms with E-state index in [0.717, 1.165) is 8.19 Å². The molecule has 0 unspecified atom stereocenters. The first-order valence-electron chi connectivity index (χ1n) is 4.75. The van der Waals surface area contributed by atoms with Gasteiger partial charge < -0.3 is 0 Å². The molecule has 0 nitrogen and oxygen atoms in total. The molecule has 13 heavy (non-hydrogen) atoms. The third-order valence-corrected chi connectivity index (χ3v) is 3.56. The second-order valence-electron chi connectivity index (χ2n) is 4.12. The molecule has 0 aliphatic heterocycles. The van der Waals surface area contributed by atoms with E-state index in [1.165, 1.54) is 11.1 Å². The van der Waals surface area contributed by atoms with Crippen molar-refractivity contribution in [1.29, 1.82) is 0 Å². The average Bonchev–Trinajstić information content (AvgIpc) is 2.17. The van der Waals surface area contributed by atoms with Gasteiger partial charge in [-0.05, 0) is 49.4 Å². The van der Waals surface area contributed by atoms with Crippen molar-refractivity contribution in [3.63, 3.8) is 0 Å². The van der Waals surface area contributed by atoms with E-state index in [1.54, 1.807) is 10.6 Å². The molecule has 0 saturated heterocycles. The Kier molecular flexibility index (Phi) is 6.41. The summed E-state index contributed by atoms with van der Waals surface area (Å²) in [5.41, 5.74) is 3.04. The van der Waals surface area contributed by atoms with Crippen molar-refractivity contribution in [1.82, 2.24) is 0 Å². The summed E-state index contributed by atoms with van der Waals surface area (Å²) in [6.45, 7) is 8.89. The molecule has 2 heteroatoms. The first kappa shape index (κ1) is 13.6. The predicted molar refractivity (Wildman–Crippen MR) is 68.2 cm³/mol. The topological polar surface area (TPSA) is 0 Å². The van der Waals surface area contributed by atoms with Crippen molar-refractivity contribution in [3.8, 4) is 0 Å². The molecule has 0 aliphatic carbocycles. The Hall–Kier alpha value is 0.579. The zero-order valence-electron chi connectivity index (χ0n) is 10.0. The standard InChI is InChI=1S/C8H13P.3CH3.Sn/c1-5-6(2)8(4)9-7(5)3;;;;/h9H,1-4H3;3*1H3;. The number of rotatable bonds is 0. The van der Waals surface area contributed by atoms with Crippen molar-refractivity contribution < 1.29 is 0 Å². The summed E-state index contributed by atoms with van der Waals surface area (Å²) < 4.78 is 0. The van der Waals surface area contributed by atoms with Crippen LogP contribution in [0.2, 0.25) is 14.8 Å². The molecule has 1 aromatic rings. The van der Waals surface area contributed by atoms with Gasteiger partial charge in [0.2, 0.25) is 0 Å². The Morgan fingerprint density at radius 1 is 0.769 bits per heavy atom. The predicted octanol–water partition coefficient (Wildman–Crippen LogP) is 4.32. The second kappa shape index (κ2) is 6.14. The molecule has 75 valence electrons. The Bertz CT molecular complexity index is 236. The summed E-state index contributed by atoms with van der Waals surface area (Å²) in [7, 11) is 0.976. The molecule has 0 atom stereocenters. The average molecular weight is 304 g/mol. The van der Waals surface area contributed by atoms with Crippen LogP contribution in [0.3, 0.4) is 0 Å². The van der Waals surface area contributed by atoms with Gasteiger partial charge in [0.1, 0.15) is 0 Å². The molecule has 0 N–H and O–H groups in total. The van der Waals surface area contributed by atoms with Gasteiger partial charge in [-0.1, -0.05) is 0 Å². The van der Waals surface area contributed by atoms with E-state index in [-0.39, 0.29) is 0 Å². The van der Waals surface area contributed by atoms with Gasteiger partial charge in [0.25, 0.3) is 0 Å².